The molecule has 1 aromatic rings. The van der Waals surface area contributed by atoms with Crippen LogP contribution in [0, 0.1) is 5.41 Å². The summed E-state index contributed by atoms with van der Waals surface area (Å²) in [6, 6.07) is 3.99. The number of carbonyl (C=O) groups excluding carboxylic acids is 1. The second kappa shape index (κ2) is 6.86. The predicted molar refractivity (Wildman–Crippen MR) is 86.9 cm³/mol. The summed E-state index contributed by atoms with van der Waals surface area (Å²) < 4.78 is 28.1. The van der Waals surface area contributed by atoms with Crippen LogP contribution in [0.1, 0.15) is 30.1 Å². The fourth-order valence-electron chi connectivity index (χ4n) is 2.64. The molecule has 1 aliphatic rings. The van der Waals surface area contributed by atoms with Crippen molar-refractivity contribution in [3.05, 3.63) is 23.8 Å². The van der Waals surface area contributed by atoms with Gasteiger partial charge in [-0.05, 0) is 49.5 Å². The quantitative estimate of drug-likeness (QED) is 0.721. The fraction of sp³-hybridized carbons (Fsp3) is 0.533. The van der Waals surface area contributed by atoms with E-state index < -0.39 is 10.0 Å². The Morgan fingerprint density at radius 3 is 2.61 bits per heavy atom. The van der Waals surface area contributed by atoms with Gasteiger partial charge in [0.2, 0.25) is 10.0 Å². The van der Waals surface area contributed by atoms with Gasteiger partial charge in [0, 0.05) is 6.54 Å². The lowest BCUT2D eigenvalue weighted by atomic mass is 9.81. The number of primary sulfonamides is 1. The van der Waals surface area contributed by atoms with Crippen molar-refractivity contribution in [1.29, 1.82) is 0 Å². The molecule has 1 fully saturated rings. The normalized spacial score (nSPS) is 17.5. The highest BCUT2D eigenvalue weighted by Gasteiger charge is 2.27. The number of sulfonamides is 1. The maximum absolute atomic E-state index is 12.4. The number of methoxy groups -OCH3 is 1. The summed E-state index contributed by atoms with van der Waals surface area (Å²) in [5.74, 6) is -0.0579. The van der Waals surface area contributed by atoms with E-state index in [2.05, 4.69) is 17.6 Å². The van der Waals surface area contributed by atoms with Crippen molar-refractivity contribution < 1.29 is 17.9 Å². The van der Waals surface area contributed by atoms with Crippen LogP contribution in [-0.2, 0) is 10.0 Å². The molecular formula is C15H23N3O4S. The molecule has 2 rings (SSSR count). The van der Waals surface area contributed by atoms with E-state index in [1.807, 2.05) is 0 Å². The van der Waals surface area contributed by atoms with Gasteiger partial charge in [-0.15, -0.1) is 0 Å². The fourth-order valence-corrected chi connectivity index (χ4v) is 3.18. The zero-order chi connectivity index (χ0) is 17.1. The molecule has 0 radical (unpaired) electrons. The van der Waals surface area contributed by atoms with Crippen molar-refractivity contribution in [1.82, 2.24) is 10.6 Å². The van der Waals surface area contributed by atoms with Crippen molar-refractivity contribution in [2.75, 3.05) is 26.7 Å². The summed E-state index contributed by atoms with van der Waals surface area (Å²) in [6.45, 7) is 4.51. The highest BCUT2D eigenvalue weighted by Crippen LogP contribution is 2.27. The van der Waals surface area contributed by atoms with Crippen molar-refractivity contribution in [2.45, 2.75) is 24.7 Å². The zero-order valence-corrected chi connectivity index (χ0v) is 14.2. The van der Waals surface area contributed by atoms with Crippen LogP contribution in [0.3, 0.4) is 0 Å². The van der Waals surface area contributed by atoms with Crippen LogP contribution in [0.5, 0.6) is 5.75 Å². The summed E-state index contributed by atoms with van der Waals surface area (Å²) in [7, 11) is -2.45. The Hall–Kier alpha value is -1.64. The minimum Gasteiger partial charge on any atom is -0.496 e. The first-order valence-electron chi connectivity index (χ1n) is 7.45. The molecule has 0 aliphatic carbocycles. The van der Waals surface area contributed by atoms with E-state index in [9.17, 15) is 13.2 Å². The molecule has 8 heteroatoms. The van der Waals surface area contributed by atoms with Gasteiger partial charge in [0.25, 0.3) is 5.91 Å². The van der Waals surface area contributed by atoms with Crippen LogP contribution < -0.4 is 20.5 Å². The number of nitrogens with two attached hydrogens (primary N) is 1. The number of hydrogen-bond donors (Lipinski definition) is 3. The predicted octanol–water partition coefficient (Wildman–Crippen LogP) is 0.462. The van der Waals surface area contributed by atoms with Crippen molar-refractivity contribution in [3.8, 4) is 5.75 Å². The molecule has 1 saturated heterocycles. The molecule has 1 amide bonds. The standard InChI is InChI=1S/C15H23N3O4S/c1-15(5-7-17-8-6-15)10-18-14(19)12-9-11(23(16,20)21)3-4-13(12)22-2/h3-4,9,17H,5-8,10H2,1-2H3,(H,18,19)(H2,16,20,21). The Labute approximate surface area is 136 Å². The van der Waals surface area contributed by atoms with Crippen LogP contribution in [0.2, 0.25) is 0 Å². The number of hydrogen-bond acceptors (Lipinski definition) is 5. The monoisotopic (exact) mass is 341 g/mol. The lowest BCUT2D eigenvalue weighted by molar-refractivity contribution is 0.0919. The van der Waals surface area contributed by atoms with Gasteiger partial charge in [-0.3, -0.25) is 4.79 Å². The van der Waals surface area contributed by atoms with Crippen molar-refractivity contribution in [2.24, 2.45) is 10.6 Å². The van der Waals surface area contributed by atoms with E-state index in [1.54, 1.807) is 0 Å². The van der Waals surface area contributed by atoms with Crippen molar-refractivity contribution >= 4 is 15.9 Å². The molecule has 4 N–H and O–H groups in total. The largest absolute Gasteiger partial charge is 0.496 e. The molecule has 1 heterocycles. The third-order valence-electron chi connectivity index (χ3n) is 4.23. The molecule has 0 bridgehead atoms. The maximum Gasteiger partial charge on any atom is 0.255 e. The average Bonchev–Trinajstić information content (AvgIpc) is 2.52. The molecular weight excluding hydrogens is 318 g/mol. The average molecular weight is 341 g/mol. The topological polar surface area (TPSA) is 111 Å². The van der Waals surface area contributed by atoms with E-state index in [1.165, 1.54) is 25.3 Å². The molecule has 1 aliphatic heterocycles. The summed E-state index contributed by atoms with van der Waals surface area (Å²) in [5, 5.41) is 11.3. The van der Waals surface area contributed by atoms with Gasteiger partial charge in [0.15, 0.2) is 0 Å². The van der Waals surface area contributed by atoms with Crippen molar-refractivity contribution in [3.63, 3.8) is 0 Å². The van der Waals surface area contributed by atoms with Crippen LogP contribution in [0.15, 0.2) is 23.1 Å². The van der Waals surface area contributed by atoms with Gasteiger partial charge in [-0.1, -0.05) is 6.92 Å². The first-order valence-corrected chi connectivity index (χ1v) is 9.00. The maximum atomic E-state index is 12.4. The number of nitrogens with one attached hydrogen (secondary N) is 2. The molecule has 128 valence electrons. The van der Waals surface area contributed by atoms with Gasteiger partial charge in [-0.2, -0.15) is 0 Å². The molecule has 0 spiro atoms. The number of amides is 1. The second-order valence-corrected chi connectivity index (χ2v) is 7.71. The van der Waals surface area contributed by atoms with Crippen LogP contribution in [0.25, 0.3) is 0 Å². The first kappa shape index (κ1) is 17.7. The van der Waals surface area contributed by atoms with E-state index in [0.29, 0.717) is 12.3 Å². The summed E-state index contributed by atoms with van der Waals surface area (Å²) in [6.07, 6.45) is 1.95. The highest BCUT2D eigenvalue weighted by molar-refractivity contribution is 7.89. The summed E-state index contributed by atoms with van der Waals surface area (Å²) in [5.41, 5.74) is 0.197. The Morgan fingerprint density at radius 1 is 1.39 bits per heavy atom. The number of piperidine rings is 1. The molecule has 0 atom stereocenters. The molecule has 0 saturated carbocycles. The van der Waals surface area contributed by atoms with Crippen LogP contribution >= 0.6 is 0 Å². The smallest absolute Gasteiger partial charge is 0.255 e. The molecule has 0 aromatic heterocycles. The number of rotatable bonds is 5. The third kappa shape index (κ3) is 4.43. The minimum absolute atomic E-state index is 0.0334. The summed E-state index contributed by atoms with van der Waals surface area (Å²) >= 11 is 0. The number of carbonyl (C=O) groups is 1. The third-order valence-corrected chi connectivity index (χ3v) is 5.14. The minimum atomic E-state index is -3.88. The molecule has 1 aromatic carbocycles. The lowest BCUT2D eigenvalue weighted by Gasteiger charge is -2.34. The number of ether oxygens (including phenoxy) is 1. The lowest BCUT2D eigenvalue weighted by Crippen LogP contribution is -2.43. The Bertz CT molecular complexity index is 682. The highest BCUT2D eigenvalue weighted by atomic mass is 32.2. The Morgan fingerprint density at radius 2 is 2.04 bits per heavy atom. The molecule has 0 unspecified atom stereocenters. The molecule has 7 nitrogen and oxygen atoms in total. The Kier molecular flexibility index (Phi) is 5.28. The summed E-state index contributed by atoms with van der Waals surface area (Å²) in [4.78, 5) is 12.3. The second-order valence-electron chi connectivity index (χ2n) is 6.15. The van der Waals surface area contributed by atoms with E-state index >= 15 is 0 Å². The van der Waals surface area contributed by atoms with Gasteiger partial charge < -0.3 is 15.4 Å². The van der Waals surface area contributed by atoms with Gasteiger partial charge in [0.05, 0.1) is 17.6 Å². The van der Waals surface area contributed by atoms with E-state index in [0.717, 1.165) is 25.9 Å². The van der Waals surface area contributed by atoms with Gasteiger partial charge >= 0.3 is 0 Å². The van der Waals surface area contributed by atoms with E-state index in [4.69, 9.17) is 9.88 Å². The van der Waals surface area contributed by atoms with E-state index in [-0.39, 0.29) is 21.8 Å². The van der Waals surface area contributed by atoms with Gasteiger partial charge in [0.1, 0.15) is 5.75 Å². The SMILES string of the molecule is COc1ccc(S(N)(=O)=O)cc1C(=O)NCC1(C)CCNCC1. The molecule has 23 heavy (non-hydrogen) atoms. The zero-order valence-electron chi connectivity index (χ0n) is 13.4. The van der Waals surface area contributed by atoms with Crippen LogP contribution in [0.4, 0.5) is 0 Å². The Balaban J connectivity index is 2.17. The van der Waals surface area contributed by atoms with Gasteiger partial charge in [-0.25, -0.2) is 13.6 Å². The van der Waals surface area contributed by atoms with Crippen LogP contribution in [-0.4, -0.2) is 41.1 Å². The first-order chi connectivity index (χ1) is 10.7. The number of benzene rings is 1.